The first-order valence-electron chi connectivity index (χ1n) is 14.9. The molecule has 0 bridgehead atoms. The number of benzene rings is 1. The van der Waals surface area contributed by atoms with Crippen LogP contribution < -0.4 is 20.3 Å². The molecule has 1 saturated carbocycles. The van der Waals surface area contributed by atoms with Crippen LogP contribution in [0.4, 0.5) is 0 Å². The van der Waals surface area contributed by atoms with Gasteiger partial charge in [-0.1, -0.05) is 6.92 Å². The summed E-state index contributed by atoms with van der Waals surface area (Å²) in [5.74, 6) is -0.523. The molecule has 2 N–H and O–H groups in total. The number of fused-ring (bicyclic) bond motifs is 6. The fourth-order valence-electron chi connectivity index (χ4n) is 6.00. The number of hydrogen-bond acceptors (Lipinski definition) is 9. The number of nitrogens with one attached hydrogen (secondary N) is 1. The number of pyridine rings is 2. The molecule has 1 aromatic carbocycles. The molecule has 0 unspecified atom stereocenters. The third kappa shape index (κ3) is 4.01. The Morgan fingerprint density at radius 1 is 1.22 bits per heavy atom. The van der Waals surface area contributed by atoms with Crippen molar-refractivity contribution in [2.24, 2.45) is 5.92 Å². The van der Waals surface area contributed by atoms with E-state index in [1.807, 2.05) is 13.8 Å². The summed E-state index contributed by atoms with van der Waals surface area (Å²) in [6.07, 6.45) is 1.15. The van der Waals surface area contributed by atoms with Gasteiger partial charge < -0.3 is 33.9 Å². The van der Waals surface area contributed by atoms with Gasteiger partial charge in [0.15, 0.2) is 17.1 Å². The van der Waals surface area contributed by atoms with E-state index in [0.717, 1.165) is 12.8 Å². The standard InChI is InChI=1S/C30H31N3O8/c1-4-30(37)20-8-22-25-18(11-33(22)28(35)19(20)12-38-29(30)36)17(10-31-27(34)26(15-5-6-15)41-14(2)3)16-7-23-24(40-13-39-23)9-21(16)32-25/h7-9,14-15,26,37H,4-6,10-13H2,1-3H3,(H,31,34)/t26-,30-/m0/s1/i13D2. The molecule has 2 atom stereocenters. The molecule has 0 spiro atoms. The first kappa shape index (κ1) is 23.7. The summed E-state index contributed by atoms with van der Waals surface area (Å²) in [5, 5.41) is 14.9. The lowest BCUT2D eigenvalue weighted by atomic mass is 9.86. The van der Waals surface area contributed by atoms with Gasteiger partial charge in [-0.05, 0) is 56.7 Å². The molecule has 0 saturated heterocycles. The molecule has 5 heterocycles. The average Bonchev–Trinajstić information content (AvgIpc) is 3.66. The zero-order chi connectivity index (χ0) is 30.4. The van der Waals surface area contributed by atoms with Gasteiger partial charge in [0.2, 0.25) is 12.7 Å². The highest BCUT2D eigenvalue weighted by atomic mass is 16.7. The third-order valence-electron chi connectivity index (χ3n) is 8.34. The summed E-state index contributed by atoms with van der Waals surface area (Å²) in [4.78, 5) is 44.5. The van der Waals surface area contributed by atoms with Crippen LogP contribution in [0.1, 0.15) is 65.0 Å². The molecule has 214 valence electrons. The number of nitrogens with zero attached hydrogens (tertiary/aromatic N) is 2. The lowest BCUT2D eigenvalue weighted by molar-refractivity contribution is -0.172. The van der Waals surface area contributed by atoms with Crippen molar-refractivity contribution in [2.45, 2.75) is 77.5 Å². The van der Waals surface area contributed by atoms with Crippen molar-refractivity contribution in [1.29, 1.82) is 0 Å². The fourth-order valence-corrected chi connectivity index (χ4v) is 6.00. The van der Waals surface area contributed by atoms with Gasteiger partial charge in [0.05, 0.1) is 35.1 Å². The van der Waals surface area contributed by atoms with E-state index in [1.54, 1.807) is 25.1 Å². The Hall–Kier alpha value is -3.96. The Morgan fingerprint density at radius 2 is 1.98 bits per heavy atom. The molecule has 7 rings (SSSR count). The lowest BCUT2D eigenvalue weighted by Crippen LogP contribution is -2.44. The van der Waals surface area contributed by atoms with Crippen LogP contribution in [0, 0.1) is 5.92 Å². The Bertz CT molecular complexity index is 1780. The molecular weight excluding hydrogens is 530 g/mol. The number of cyclic esters (lactones) is 1. The molecule has 0 radical (unpaired) electrons. The molecule has 2 aromatic heterocycles. The van der Waals surface area contributed by atoms with Crippen molar-refractivity contribution in [2.75, 3.05) is 6.75 Å². The molecule has 3 aliphatic heterocycles. The molecular formula is C30H31N3O8. The zero-order valence-corrected chi connectivity index (χ0v) is 22.9. The number of hydrogen-bond donors (Lipinski definition) is 2. The van der Waals surface area contributed by atoms with Gasteiger partial charge in [-0.2, -0.15) is 0 Å². The van der Waals surface area contributed by atoms with E-state index in [9.17, 15) is 19.5 Å². The highest BCUT2D eigenvalue weighted by Crippen LogP contribution is 2.43. The summed E-state index contributed by atoms with van der Waals surface area (Å²) in [5.41, 5.74) is 0.693. The summed E-state index contributed by atoms with van der Waals surface area (Å²) >= 11 is 0. The predicted molar refractivity (Wildman–Crippen MR) is 145 cm³/mol. The van der Waals surface area contributed by atoms with Crippen LogP contribution in [-0.2, 0) is 44.4 Å². The van der Waals surface area contributed by atoms with Crippen LogP contribution in [0.5, 0.6) is 11.5 Å². The number of carbonyl (C=O) groups excluding carboxylic acids is 2. The molecule has 3 aromatic rings. The van der Waals surface area contributed by atoms with E-state index in [4.69, 9.17) is 26.7 Å². The highest BCUT2D eigenvalue weighted by Gasteiger charge is 2.45. The van der Waals surface area contributed by atoms with Crippen molar-refractivity contribution >= 4 is 22.8 Å². The summed E-state index contributed by atoms with van der Waals surface area (Å²) in [7, 11) is 0. The lowest BCUT2D eigenvalue weighted by Gasteiger charge is -2.31. The monoisotopic (exact) mass is 563 g/mol. The first-order chi connectivity index (χ1) is 20.4. The molecule has 11 nitrogen and oxygen atoms in total. The Kier molecular flexibility index (Phi) is 5.37. The normalized spacial score (nSPS) is 22.9. The Balaban J connectivity index is 1.37. The molecule has 4 aliphatic rings. The first-order valence-corrected chi connectivity index (χ1v) is 13.9. The van der Waals surface area contributed by atoms with Crippen LogP contribution in [-0.4, -0.2) is 45.5 Å². The largest absolute Gasteiger partial charge is 0.458 e. The van der Waals surface area contributed by atoms with Crippen molar-refractivity contribution < 1.29 is 36.4 Å². The van der Waals surface area contributed by atoms with Crippen LogP contribution in [0.3, 0.4) is 0 Å². The minimum atomic E-state index is -2.35. The predicted octanol–water partition coefficient (Wildman–Crippen LogP) is 2.63. The number of amides is 1. The molecule has 1 amide bonds. The van der Waals surface area contributed by atoms with Gasteiger partial charge in [-0.25, -0.2) is 9.78 Å². The number of ether oxygens (including phenoxy) is 4. The minimum absolute atomic E-state index is 0.0170. The second kappa shape index (κ2) is 9.28. The van der Waals surface area contributed by atoms with Crippen LogP contribution in [0.25, 0.3) is 22.3 Å². The van der Waals surface area contributed by atoms with Crippen molar-refractivity contribution in [3.05, 3.63) is 50.8 Å². The van der Waals surface area contributed by atoms with Gasteiger partial charge in [-0.3, -0.25) is 9.59 Å². The van der Waals surface area contributed by atoms with E-state index < -0.39 is 30.0 Å². The van der Waals surface area contributed by atoms with Crippen LogP contribution in [0.2, 0.25) is 0 Å². The quantitative estimate of drug-likeness (QED) is 0.325. The van der Waals surface area contributed by atoms with Gasteiger partial charge >= 0.3 is 5.97 Å². The maximum absolute atomic E-state index is 13.7. The second-order valence-corrected chi connectivity index (χ2v) is 11.3. The molecule has 11 heteroatoms. The van der Waals surface area contributed by atoms with Gasteiger partial charge in [-0.15, -0.1) is 0 Å². The number of aromatic nitrogens is 2. The average molecular weight is 564 g/mol. The molecule has 1 aliphatic carbocycles. The number of aliphatic hydroxyl groups is 1. The Labute approximate surface area is 238 Å². The van der Waals surface area contributed by atoms with Crippen molar-refractivity contribution in [3.63, 3.8) is 0 Å². The fraction of sp³-hybridized carbons (Fsp3) is 0.467. The second-order valence-electron chi connectivity index (χ2n) is 11.3. The van der Waals surface area contributed by atoms with Crippen molar-refractivity contribution in [3.8, 4) is 22.9 Å². The molecule has 1 fully saturated rings. The number of rotatable bonds is 7. The van der Waals surface area contributed by atoms with Gasteiger partial charge in [0.25, 0.3) is 5.56 Å². The van der Waals surface area contributed by atoms with E-state index >= 15 is 0 Å². The van der Waals surface area contributed by atoms with E-state index in [1.165, 1.54) is 4.57 Å². The summed E-state index contributed by atoms with van der Waals surface area (Å²) < 4.78 is 39.1. The highest BCUT2D eigenvalue weighted by molar-refractivity contribution is 5.92. The summed E-state index contributed by atoms with van der Waals surface area (Å²) in [6.45, 7) is 3.04. The van der Waals surface area contributed by atoms with Gasteiger partial charge in [0.1, 0.15) is 15.5 Å². The summed E-state index contributed by atoms with van der Waals surface area (Å²) in [6, 6.07) is 4.82. The minimum Gasteiger partial charge on any atom is -0.458 e. The topological polar surface area (TPSA) is 138 Å². The van der Waals surface area contributed by atoms with E-state index in [0.29, 0.717) is 33.4 Å². The third-order valence-corrected chi connectivity index (χ3v) is 8.34. The van der Waals surface area contributed by atoms with E-state index in [-0.39, 0.29) is 66.7 Å². The van der Waals surface area contributed by atoms with Crippen molar-refractivity contribution in [1.82, 2.24) is 14.9 Å². The van der Waals surface area contributed by atoms with Crippen LogP contribution >= 0.6 is 0 Å². The van der Waals surface area contributed by atoms with Gasteiger partial charge in [0, 0.05) is 29.1 Å². The smallest absolute Gasteiger partial charge is 0.343 e. The zero-order valence-electron chi connectivity index (χ0n) is 24.9. The maximum atomic E-state index is 13.7. The molecule has 41 heavy (non-hydrogen) atoms. The van der Waals surface area contributed by atoms with E-state index in [2.05, 4.69) is 5.32 Å². The maximum Gasteiger partial charge on any atom is 0.343 e. The SMILES string of the molecule is [2H]C1([2H])Oc2cc3nc4c(c(CNC(=O)[C@@H](OC(C)C)C5CC5)c3cc2O1)Cn1c-4cc2c(c1=O)COC(=O)[C@]2(O)CC. The number of carbonyl (C=O) groups is 2. The number of esters is 1. The Morgan fingerprint density at radius 3 is 2.68 bits per heavy atom. The van der Waals surface area contributed by atoms with Crippen LogP contribution in [0.15, 0.2) is 23.0 Å².